The van der Waals surface area contributed by atoms with Gasteiger partial charge in [-0.15, -0.1) is 0 Å². The molecule has 2 aromatic carbocycles. The molecule has 18 N–H and O–H groups in total. The second-order valence-electron chi connectivity index (χ2n) is 21.7. The summed E-state index contributed by atoms with van der Waals surface area (Å²) in [5.74, 6) is 3.40. The highest BCUT2D eigenvalue weighted by Crippen LogP contribution is 2.28. The van der Waals surface area contributed by atoms with Crippen LogP contribution in [0, 0.1) is 17.8 Å². The molecule has 0 saturated carbocycles. The van der Waals surface area contributed by atoms with E-state index in [0.717, 1.165) is 188 Å². The molecule has 456 valence electrons. The van der Waals surface area contributed by atoms with Crippen molar-refractivity contribution in [1.82, 2.24) is 40.9 Å². The Labute approximate surface area is 480 Å². The number of hydrogen-bond donors (Lipinski definition) is 11. The van der Waals surface area contributed by atoms with Crippen LogP contribution in [-0.2, 0) is 17.9 Å². The molecule has 16 heteroatoms. The van der Waals surface area contributed by atoms with Gasteiger partial charge in [0.2, 0.25) is 5.91 Å². The predicted molar refractivity (Wildman–Crippen MR) is 339 cm³/mol. The van der Waals surface area contributed by atoms with Crippen LogP contribution in [-0.4, -0.2) is 183 Å². The molecule has 3 rings (SSSR count). The van der Waals surface area contributed by atoms with Gasteiger partial charge in [0.25, 0.3) is 0 Å². The van der Waals surface area contributed by atoms with Crippen molar-refractivity contribution in [2.75, 3.05) is 157 Å². The first-order chi connectivity index (χ1) is 37.9. The Kier molecular flexibility index (Phi) is 50.6. The molecule has 0 spiro atoms. The van der Waals surface area contributed by atoms with Gasteiger partial charge in [-0.05, 0) is 156 Å². The van der Waals surface area contributed by atoms with Crippen molar-refractivity contribution in [3.05, 3.63) is 70.8 Å². The molecular formula is C62H127N15O. The Bertz CT molecular complexity index is 1560. The lowest BCUT2D eigenvalue weighted by molar-refractivity contribution is -0.124. The first kappa shape index (κ1) is 75.3. The van der Waals surface area contributed by atoms with E-state index in [1.54, 1.807) is 0 Å². The molecule has 2 aromatic rings. The van der Waals surface area contributed by atoms with E-state index in [2.05, 4.69) is 131 Å². The van der Waals surface area contributed by atoms with E-state index < -0.39 is 0 Å². The van der Waals surface area contributed by atoms with Crippen LogP contribution in [0.4, 0.5) is 0 Å². The highest BCUT2D eigenvalue weighted by Gasteiger charge is 2.30. The van der Waals surface area contributed by atoms with Crippen LogP contribution in [0.1, 0.15) is 154 Å². The molecule has 78 heavy (non-hydrogen) atoms. The van der Waals surface area contributed by atoms with Crippen LogP contribution >= 0.6 is 0 Å². The molecule has 0 radical (unpaired) electrons. The number of benzene rings is 2. The summed E-state index contributed by atoms with van der Waals surface area (Å²) in [5, 5.41) is 13.2. The molecule has 1 aliphatic rings. The van der Waals surface area contributed by atoms with E-state index >= 15 is 0 Å². The normalized spacial score (nSPS) is 15.6. The number of rotatable bonds is 43. The standard InChI is InChI=1S/2C17H31N3.C14H33N5O.C14H32N4/c1-3-15(2)17-8-6-16(7-9-17)14-20(12-4-10-18)13-5-11-19;1-3-15(2)17-8-6-16(7-9-17)14-20-13-5-12-19-11-4-10-18;1-3-13(2)14(20)18-8-4-7-17-9-12-19(10-5-15)11-6-16;1-3-13-11-18(12-14(13)4-2)10-9-17(7-5-15)8-6-16/h6-9,15H,3-5,10-14,18-19H2,1-2H3;6-9,15,19-20H,3-5,10-14,18H2,1-2H3;13,17H,3-12,15-16H2,1-2H3,(H,18,20);13-14H,3-12,15-16H2,1-2H3. The summed E-state index contributed by atoms with van der Waals surface area (Å²) >= 11 is 0. The summed E-state index contributed by atoms with van der Waals surface area (Å²) in [6.45, 7) is 42.1. The summed E-state index contributed by atoms with van der Waals surface area (Å²) in [5.41, 5.74) is 44.7. The Morgan fingerprint density at radius 3 is 1.37 bits per heavy atom. The van der Waals surface area contributed by atoms with Crippen LogP contribution in [0.5, 0.6) is 0 Å². The quantitative estimate of drug-likeness (QED) is 0.0380. The van der Waals surface area contributed by atoms with Crippen molar-refractivity contribution in [3.8, 4) is 0 Å². The van der Waals surface area contributed by atoms with Crippen molar-refractivity contribution in [3.63, 3.8) is 0 Å². The molecular weight excluding hydrogens is 971 g/mol. The number of nitrogens with two attached hydrogens (primary N) is 7. The lowest BCUT2D eigenvalue weighted by atomic mass is 9.92. The molecule has 5 atom stereocenters. The Balaban J connectivity index is 0.00000101. The Hall–Kier alpha value is -2.65. The smallest absolute Gasteiger partial charge is 0.222 e. The highest BCUT2D eigenvalue weighted by atomic mass is 16.1. The lowest BCUT2D eigenvalue weighted by Crippen LogP contribution is -2.39. The molecule has 1 amide bonds. The number of amides is 1. The minimum atomic E-state index is 0.115. The first-order valence-electron chi connectivity index (χ1n) is 31.3. The Morgan fingerprint density at radius 2 is 0.923 bits per heavy atom. The topological polar surface area (TPSA) is 260 Å². The van der Waals surface area contributed by atoms with Gasteiger partial charge in [0.05, 0.1) is 0 Å². The Morgan fingerprint density at radius 1 is 0.487 bits per heavy atom. The van der Waals surface area contributed by atoms with Crippen LogP contribution in [0.3, 0.4) is 0 Å². The number of likely N-dealkylation sites (tertiary alicyclic amines) is 1. The minimum absolute atomic E-state index is 0.115. The van der Waals surface area contributed by atoms with Gasteiger partial charge in [-0.1, -0.05) is 117 Å². The minimum Gasteiger partial charge on any atom is -0.356 e. The maximum atomic E-state index is 11.5. The lowest BCUT2D eigenvalue weighted by Gasteiger charge is -2.24. The van der Waals surface area contributed by atoms with Gasteiger partial charge < -0.3 is 66.3 Å². The number of hydrogen-bond acceptors (Lipinski definition) is 15. The molecule has 1 heterocycles. The SMILES string of the molecule is CCC(C)C(=O)NCCCNCCN(CCN)CCN.CCC(C)c1ccc(CN(CCCN)CCCN)cc1.CCC(C)c1ccc(CNCCCNCCCN)cc1.CCC1CN(CCN(CCN)CCN)CC1CC. The fourth-order valence-corrected chi connectivity index (χ4v) is 9.44. The van der Waals surface area contributed by atoms with E-state index in [9.17, 15) is 4.79 Å². The summed E-state index contributed by atoms with van der Waals surface area (Å²) < 4.78 is 0. The molecule has 0 aromatic heterocycles. The van der Waals surface area contributed by atoms with Crippen LogP contribution in [0.25, 0.3) is 0 Å². The second-order valence-corrected chi connectivity index (χ2v) is 21.7. The van der Waals surface area contributed by atoms with Crippen LogP contribution in [0.2, 0.25) is 0 Å². The zero-order chi connectivity index (χ0) is 58.0. The van der Waals surface area contributed by atoms with E-state index in [0.29, 0.717) is 24.9 Å². The highest BCUT2D eigenvalue weighted by molar-refractivity contribution is 5.78. The maximum absolute atomic E-state index is 11.5. The molecule has 1 aliphatic heterocycles. The predicted octanol–water partition coefficient (Wildman–Crippen LogP) is 5.24. The van der Waals surface area contributed by atoms with Crippen molar-refractivity contribution in [2.45, 2.75) is 145 Å². The fraction of sp³-hybridized carbons (Fsp3) is 0.790. The molecule has 5 unspecified atom stereocenters. The molecule has 0 aliphatic carbocycles. The summed E-state index contributed by atoms with van der Waals surface area (Å²) in [6, 6.07) is 18.1. The van der Waals surface area contributed by atoms with E-state index in [4.69, 9.17) is 40.1 Å². The van der Waals surface area contributed by atoms with E-state index in [1.165, 1.54) is 67.6 Å². The van der Waals surface area contributed by atoms with Gasteiger partial charge in [0.1, 0.15) is 0 Å². The van der Waals surface area contributed by atoms with Crippen molar-refractivity contribution in [1.29, 1.82) is 0 Å². The zero-order valence-corrected chi connectivity index (χ0v) is 51.7. The van der Waals surface area contributed by atoms with E-state index in [1.807, 2.05) is 13.8 Å². The summed E-state index contributed by atoms with van der Waals surface area (Å²) in [4.78, 5) is 21.3. The first-order valence-corrected chi connectivity index (χ1v) is 31.3. The number of nitrogens with zero attached hydrogens (tertiary/aromatic N) is 4. The van der Waals surface area contributed by atoms with Gasteiger partial charge in [0, 0.05) is 117 Å². The molecule has 16 nitrogen and oxygen atoms in total. The van der Waals surface area contributed by atoms with Crippen molar-refractivity contribution >= 4 is 5.91 Å². The third kappa shape index (κ3) is 38.1. The second kappa shape index (κ2) is 52.4. The van der Waals surface area contributed by atoms with Crippen molar-refractivity contribution in [2.24, 2.45) is 57.9 Å². The average Bonchev–Trinajstić information content (AvgIpc) is 3.88. The third-order valence-corrected chi connectivity index (χ3v) is 15.4. The van der Waals surface area contributed by atoms with Crippen LogP contribution < -0.4 is 61.4 Å². The van der Waals surface area contributed by atoms with Crippen molar-refractivity contribution < 1.29 is 4.79 Å². The summed E-state index contributed by atoms with van der Waals surface area (Å²) in [6.07, 6.45) is 11.2. The zero-order valence-electron chi connectivity index (χ0n) is 51.7. The molecule has 1 saturated heterocycles. The fourth-order valence-electron chi connectivity index (χ4n) is 9.44. The number of nitrogens with one attached hydrogen (secondary N) is 4. The molecule has 1 fully saturated rings. The van der Waals surface area contributed by atoms with Gasteiger partial charge >= 0.3 is 0 Å². The number of carbonyl (C=O) groups is 1. The van der Waals surface area contributed by atoms with Crippen LogP contribution in [0.15, 0.2) is 48.5 Å². The third-order valence-electron chi connectivity index (χ3n) is 15.4. The van der Waals surface area contributed by atoms with E-state index in [-0.39, 0.29) is 11.8 Å². The monoisotopic (exact) mass is 1100 g/mol. The largest absolute Gasteiger partial charge is 0.356 e. The van der Waals surface area contributed by atoms with Gasteiger partial charge in [-0.25, -0.2) is 0 Å². The van der Waals surface area contributed by atoms with Gasteiger partial charge in [-0.2, -0.15) is 0 Å². The maximum Gasteiger partial charge on any atom is 0.222 e. The average molecular weight is 1100 g/mol. The number of carbonyl (C=O) groups excluding carboxylic acids is 1. The van der Waals surface area contributed by atoms with Gasteiger partial charge in [0.15, 0.2) is 0 Å². The molecule has 0 bridgehead atoms. The summed E-state index contributed by atoms with van der Waals surface area (Å²) in [7, 11) is 0. The van der Waals surface area contributed by atoms with Gasteiger partial charge in [-0.3, -0.25) is 19.5 Å².